The van der Waals surface area contributed by atoms with Crippen LogP contribution < -0.4 is 10.6 Å². The molecule has 5 nitrogen and oxygen atoms in total. The van der Waals surface area contributed by atoms with E-state index in [2.05, 4.69) is 41.5 Å². The van der Waals surface area contributed by atoms with Crippen LogP contribution in [0.1, 0.15) is 41.1 Å². The van der Waals surface area contributed by atoms with Crippen molar-refractivity contribution in [2.75, 3.05) is 19.6 Å². The zero-order valence-corrected chi connectivity index (χ0v) is 16.3. The summed E-state index contributed by atoms with van der Waals surface area (Å²) in [7, 11) is 0. The van der Waals surface area contributed by atoms with Gasteiger partial charge in [-0.1, -0.05) is 44.2 Å². The van der Waals surface area contributed by atoms with Crippen LogP contribution in [0.15, 0.2) is 41.8 Å². The van der Waals surface area contributed by atoms with E-state index in [1.54, 1.807) is 6.07 Å². The number of rotatable bonds is 10. The zero-order valence-electron chi connectivity index (χ0n) is 15.5. The van der Waals surface area contributed by atoms with E-state index >= 15 is 0 Å². The second kappa shape index (κ2) is 10.7. The number of nitrogens with zero attached hydrogens (tertiary/aromatic N) is 1. The molecule has 0 unspecified atom stereocenters. The van der Waals surface area contributed by atoms with E-state index in [0.29, 0.717) is 18.0 Å². The molecule has 26 heavy (non-hydrogen) atoms. The maximum absolute atomic E-state index is 12.0. The van der Waals surface area contributed by atoms with E-state index in [-0.39, 0.29) is 18.2 Å². The van der Waals surface area contributed by atoms with Gasteiger partial charge >= 0.3 is 0 Å². The summed E-state index contributed by atoms with van der Waals surface area (Å²) in [5, 5.41) is 7.53. The summed E-state index contributed by atoms with van der Waals surface area (Å²) < 4.78 is 0. The van der Waals surface area contributed by atoms with Crippen LogP contribution in [0.5, 0.6) is 0 Å². The molecule has 1 heterocycles. The molecule has 6 heteroatoms. The molecule has 2 rings (SSSR count). The molecule has 0 bridgehead atoms. The van der Waals surface area contributed by atoms with Gasteiger partial charge in [-0.25, -0.2) is 0 Å². The molecule has 0 fully saturated rings. The van der Waals surface area contributed by atoms with E-state index in [1.807, 2.05) is 23.6 Å². The Bertz CT molecular complexity index is 697. The van der Waals surface area contributed by atoms with Gasteiger partial charge in [0.05, 0.1) is 4.88 Å². The molecule has 0 radical (unpaired) electrons. The Kier molecular flexibility index (Phi) is 8.31. The molecule has 140 valence electrons. The first-order valence-electron chi connectivity index (χ1n) is 9.01. The van der Waals surface area contributed by atoms with Gasteiger partial charge in [0.2, 0.25) is 5.91 Å². The number of hydrogen-bond acceptors (Lipinski definition) is 4. The minimum absolute atomic E-state index is 0.0642. The third-order valence-corrected chi connectivity index (χ3v) is 5.03. The summed E-state index contributed by atoms with van der Waals surface area (Å²) in [6, 6.07) is 11.9. The van der Waals surface area contributed by atoms with Gasteiger partial charge in [-0.05, 0) is 35.7 Å². The van der Waals surface area contributed by atoms with E-state index in [0.717, 1.165) is 25.2 Å². The van der Waals surface area contributed by atoms with Crippen LogP contribution in [0.3, 0.4) is 0 Å². The standard InChI is InChI=1S/C20H27N3O2S/c1-3-23(4-2)15-17-8-5-7-16(13-17)14-22-19(24)10-11-21-20(25)18-9-6-12-26-18/h5-9,12-13H,3-4,10-11,14-15H2,1-2H3,(H,21,25)(H,22,24). The zero-order chi connectivity index (χ0) is 18.8. The first-order valence-corrected chi connectivity index (χ1v) is 9.89. The van der Waals surface area contributed by atoms with Gasteiger partial charge in [-0.2, -0.15) is 0 Å². The summed E-state index contributed by atoms with van der Waals surface area (Å²) in [6.45, 7) is 8.12. The van der Waals surface area contributed by atoms with E-state index < -0.39 is 0 Å². The van der Waals surface area contributed by atoms with Gasteiger partial charge in [0, 0.05) is 26.1 Å². The lowest BCUT2D eigenvalue weighted by molar-refractivity contribution is -0.121. The second-order valence-electron chi connectivity index (χ2n) is 6.04. The fraction of sp³-hybridized carbons (Fsp3) is 0.400. The third kappa shape index (κ3) is 6.61. The van der Waals surface area contributed by atoms with Crippen LogP contribution >= 0.6 is 11.3 Å². The molecule has 0 aliphatic carbocycles. The maximum Gasteiger partial charge on any atom is 0.261 e. The molecule has 0 spiro atoms. The fourth-order valence-corrected chi connectivity index (χ4v) is 3.26. The average molecular weight is 374 g/mol. The van der Waals surface area contributed by atoms with Crippen molar-refractivity contribution in [3.8, 4) is 0 Å². The molecular weight excluding hydrogens is 346 g/mol. The van der Waals surface area contributed by atoms with Crippen LogP contribution in [0, 0.1) is 0 Å². The number of amides is 2. The van der Waals surface area contributed by atoms with Crippen LogP contribution in [0.4, 0.5) is 0 Å². The molecule has 2 amide bonds. The van der Waals surface area contributed by atoms with Crippen molar-refractivity contribution >= 4 is 23.2 Å². The quantitative estimate of drug-likeness (QED) is 0.673. The average Bonchev–Trinajstić information content (AvgIpc) is 3.19. The summed E-state index contributed by atoms with van der Waals surface area (Å²) in [6.07, 6.45) is 0.274. The van der Waals surface area contributed by atoms with Gasteiger partial charge in [0.15, 0.2) is 0 Å². The summed E-state index contributed by atoms with van der Waals surface area (Å²) in [5.74, 6) is -0.192. The Morgan fingerprint density at radius 3 is 2.50 bits per heavy atom. The van der Waals surface area contributed by atoms with Crippen LogP contribution in [-0.2, 0) is 17.9 Å². The first-order chi connectivity index (χ1) is 12.6. The van der Waals surface area contributed by atoms with Crippen molar-refractivity contribution in [2.45, 2.75) is 33.4 Å². The van der Waals surface area contributed by atoms with Gasteiger partial charge in [0.25, 0.3) is 5.91 Å². The van der Waals surface area contributed by atoms with E-state index in [4.69, 9.17) is 0 Å². The highest BCUT2D eigenvalue weighted by Crippen LogP contribution is 2.09. The molecule has 0 aliphatic rings. The first kappa shape index (κ1) is 20.1. The van der Waals surface area contributed by atoms with Gasteiger partial charge in [-0.15, -0.1) is 11.3 Å². The van der Waals surface area contributed by atoms with Crippen molar-refractivity contribution in [1.82, 2.24) is 15.5 Å². The lowest BCUT2D eigenvalue weighted by Crippen LogP contribution is -2.30. The molecule has 1 aromatic carbocycles. The monoisotopic (exact) mass is 373 g/mol. The lowest BCUT2D eigenvalue weighted by atomic mass is 10.1. The molecule has 1 aromatic heterocycles. The number of carbonyl (C=O) groups excluding carboxylic acids is 2. The maximum atomic E-state index is 12.0. The lowest BCUT2D eigenvalue weighted by Gasteiger charge is -2.18. The molecule has 0 atom stereocenters. The normalized spacial score (nSPS) is 10.7. The highest BCUT2D eigenvalue weighted by atomic mass is 32.1. The molecule has 0 saturated heterocycles. The SMILES string of the molecule is CCN(CC)Cc1cccc(CNC(=O)CCNC(=O)c2cccs2)c1. The van der Waals surface area contributed by atoms with Crippen molar-refractivity contribution in [3.63, 3.8) is 0 Å². The number of thiophene rings is 1. The topological polar surface area (TPSA) is 61.4 Å². The van der Waals surface area contributed by atoms with E-state index in [9.17, 15) is 9.59 Å². The Morgan fingerprint density at radius 1 is 1.04 bits per heavy atom. The highest BCUT2D eigenvalue weighted by Gasteiger charge is 2.07. The van der Waals surface area contributed by atoms with Crippen LogP contribution in [0.2, 0.25) is 0 Å². The van der Waals surface area contributed by atoms with Crippen molar-refractivity contribution in [3.05, 3.63) is 57.8 Å². The highest BCUT2D eigenvalue weighted by molar-refractivity contribution is 7.12. The Labute approximate surface area is 159 Å². The largest absolute Gasteiger partial charge is 0.352 e. The predicted molar refractivity (Wildman–Crippen MR) is 106 cm³/mol. The van der Waals surface area contributed by atoms with Crippen molar-refractivity contribution in [1.29, 1.82) is 0 Å². The Morgan fingerprint density at radius 2 is 1.81 bits per heavy atom. The van der Waals surface area contributed by atoms with Crippen LogP contribution in [0.25, 0.3) is 0 Å². The number of hydrogen-bond donors (Lipinski definition) is 2. The Balaban J connectivity index is 1.72. The number of carbonyl (C=O) groups is 2. The number of nitrogens with one attached hydrogen (secondary N) is 2. The molecule has 0 aliphatic heterocycles. The predicted octanol–water partition coefficient (Wildman–Crippen LogP) is 3.03. The van der Waals surface area contributed by atoms with Crippen molar-refractivity contribution in [2.24, 2.45) is 0 Å². The fourth-order valence-electron chi connectivity index (χ4n) is 2.62. The summed E-state index contributed by atoms with van der Waals surface area (Å²) in [5.41, 5.74) is 2.34. The van der Waals surface area contributed by atoms with Crippen molar-refractivity contribution < 1.29 is 9.59 Å². The smallest absolute Gasteiger partial charge is 0.261 e. The van der Waals surface area contributed by atoms with Gasteiger partial charge < -0.3 is 10.6 Å². The minimum Gasteiger partial charge on any atom is -0.352 e. The third-order valence-electron chi connectivity index (χ3n) is 4.16. The van der Waals surface area contributed by atoms with Gasteiger partial charge in [0.1, 0.15) is 0 Å². The molecule has 2 N–H and O–H groups in total. The second-order valence-corrected chi connectivity index (χ2v) is 6.99. The van der Waals surface area contributed by atoms with Crippen LogP contribution in [-0.4, -0.2) is 36.3 Å². The summed E-state index contributed by atoms with van der Waals surface area (Å²) >= 11 is 1.39. The molecule has 2 aromatic rings. The number of benzene rings is 1. The molecular formula is C20H27N3O2S. The minimum atomic E-state index is -0.128. The van der Waals surface area contributed by atoms with E-state index in [1.165, 1.54) is 16.9 Å². The van der Waals surface area contributed by atoms with Gasteiger partial charge in [-0.3, -0.25) is 14.5 Å². The summed E-state index contributed by atoms with van der Waals surface area (Å²) in [4.78, 5) is 26.8. The Hall–Kier alpha value is -2.18. The molecule has 0 saturated carbocycles.